The predicted molar refractivity (Wildman–Crippen MR) is 53.4 cm³/mol. The lowest BCUT2D eigenvalue weighted by molar-refractivity contribution is -0.122. The molecule has 3 aliphatic rings. The van der Waals surface area contributed by atoms with Crippen LogP contribution < -0.4 is 11.1 Å². The van der Waals surface area contributed by atoms with E-state index < -0.39 is 0 Å². The van der Waals surface area contributed by atoms with Gasteiger partial charge in [-0.2, -0.15) is 0 Å². The minimum atomic E-state index is -0.353. The lowest BCUT2D eigenvalue weighted by Crippen LogP contribution is -2.41. The highest BCUT2D eigenvalue weighted by atomic mass is 16.2. The molecule has 0 saturated heterocycles. The second kappa shape index (κ2) is 2.72. The van der Waals surface area contributed by atoms with Gasteiger partial charge in [-0.1, -0.05) is 0 Å². The summed E-state index contributed by atoms with van der Waals surface area (Å²) in [7, 11) is 0. The molecule has 0 aromatic heterocycles. The number of nitrogens with one attached hydrogen (secondary N) is 1. The minimum Gasteiger partial charge on any atom is -0.351 e. The summed E-state index contributed by atoms with van der Waals surface area (Å²) in [6, 6.07) is 0.133. The second-order valence-electron chi connectivity index (χ2n) is 5.31. The highest BCUT2D eigenvalue weighted by molar-refractivity contribution is 5.81. The number of hydrogen-bond donors (Lipinski definition) is 2. The van der Waals surface area contributed by atoms with Gasteiger partial charge in [0.25, 0.3) is 0 Å². The van der Waals surface area contributed by atoms with Gasteiger partial charge in [-0.25, -0.2) is 0 Å². The third-order valence-corrected chi connectivity index (χ3v) is 4.46. The SMILES string of the molecule is CC(N)C(=O)NC1C2C3CCC(C3)C12. The van der Waals surface area contributed by atoms with E-state index in [1.165, 1.54) is 19.3 Å². The van der Waals surface area contributed by atoms with Gasteiger partial charge >= 0.3 is 0 Å². The fourth-order valence-corrected chi connectivity index (χ4v) is 3.81. The number of amides is 1. The third kappa shape index (κ3) is 1.05. The minimum absolute atomic E-state index is 0.0313. The molecule has 5 atom stereocenters. The lowest BCUT2D eigenvalue weighted by atomic mass is 10.0. The zero-order valence-electron chi connectivity index (χ0n) is 8.57. The van der Waals surface area contributed by atoms with E-state index in [1.807, 2.05) is 0 Å². The zero-order valence-corrected chi connectivity index (χ0v) is 8.57. The van der Waals surface area contributed by atoms with Gasteiger partial charge in [-0.05, 0) is 49.9 Å². The average molecular weight is 194 g/mol. The van der Waals surface area contributed by atoms with Crippen molar-refractivity contribution >= 4 is 5.91 Å². The standard InChI is InChI=1S/C11H18N2O/c1-5(12)11(14)13-10-8-6-2-3-7(4-6)9(8)10/h5-10H,2-4,12H2,1H3,(H,13,14). The fraction of sp³-hybridized carbons (Fsp3) is 0.909. The summed E-state index contributed by atoms with van der Waals surface area (Å²) < 4.78 is 0. The Morgan fingerprint density at radius 1 is 1.36 bits per heavy atom. The number of carbonyl (C=O) groups excluding carboxylic acids is 1. The number of fused-ring (bicyclic) bond motifs is 5. The Morgan fingerprint density at radius 3 is 2.43 bits per heavy atom. The smallest absolute Gasteiger partial charge is 0.236 e. The number of hydrogen-bond acceptors (Lipinski definition) is 2. The maximum atomic E-state index is 11.4. The van der Waals surface area contributed by atoms with Crippen LogP contribution in [0.25, 0.3) is 0 Å². The molecule has 14 heavy (non-hydrogen) atoms. The molecular weight excluding hydrogens is 176 g/mol. The summed E-state index contributed by atoms with van der Waals surface area (Å²) in [4.78, 5) is 11.4. The summed E-state index contributed by atoms with van der Waals surface area (Å²) in [6.07, 6.45) is 4.23. The van der Waals surface area contributed by atoms with Gasteiger partial charge in [0.05, 0.1) is 6.04 Å². The molecule has 5 unspecified atom stereocenters. The van der Waals surface area contributed by atoms with Crippen molar-refractivity contribution in [2.24, 2.45) is 29.4 Å². The van der Waals surface area contributed by atoms with E-state index in [4.69, 9.17) is 5.73 Å². The van der Waals surface area contributed by atoms with Gasteiger partial charge in [-0.3, -0.25) is 4.79 Å². The molecule has 3 heteroatoms. The van der Waals surface area contributed by atoms with Gasteiger partial charge in [0.2, 0.25) is 5.91 Å². The molecule has 3 fully saturated rings. The Kier molecular flexibility index (Phi) is 1.69. The van der Waals surface area contributed by atoms with E-state index in [-0.39, 0.29) is 11.9 Å². The van der Waals surface area contributed by atoms with Crippen LogP contribution in [0.1, 0.15) is 26.2 Å². The molecule has 0 heterocycles. The molecular formula is C11H18N2O. The third-order valence-electron chi connectivity index (χ3n) is 4.46. The molecule has 0 aliphatic heterocycles. The van der Waals surface area contributed by atoms with Crippen LogP contribution in [0.4, 0.5) is 0 Å². The van der Waals surface area contributed by atoms with Crippen LogP contribution in [-0.4, -0.2) is 18.0 Å². The van der Waals surface area contributed by atoms with Crippen LogP contribution in [0.2, 0.25) is 0 Å². The van der Waals surface area contributed by atoms with Crippen molar-refractivity contribution < 1.29 is 4.79 Å². The molecule has 0 aromatic rings. The average Bonchev–Trinajstić information content (AvgIpc) is 2.59. The van der Waals surface area contributed by atoms with E-state index in [0.29, 0.717) is 6.04 Å². The summed E-state index contributed by atoms with van der Waals surface area (Å²) in [6.45, 7) is 1.75. The second-order valence-corrected chi connectivity index (χ2v) is 5.31. The maximum absolute atomic E-state index is 11.4. The number of carbonyl (C=O) groups is 1. The van der Waals surface area contributed by atoms with E-state index in [0.717, 1.165) is 23.7 Å². The van der Waals surface area contributed by atoms with Crippen LogP contribution in [0, 0.1) is 23.7 Å². The Morgan fingerprint density at radius 2 is 1.93 bits per heavy atom. The summed E-state index contributed by atoms with van der Waals surface area (Å²) in [5.41, 5.74) is 5.54. The Labute approximate surface area is 84.4 Å². The van der Waals surface area contributed by atoms with Gasteiger partial charge in [0, 0.05) is 6.04 Å². The van der Waals surface area contributed by atoms with Gasteiger partial charge in [0.1, 0.15) is 0 Å². The highest BCUT2D eigenvalue weighted by Gasteiger charge is 2.65. The molecule has 2 bridgehead atoms. The van der Waals surface area contributed by atoms with Crippen LogP contribution in [0.3, 0.4) is 0 Å². The van der Waals surface area contributed by atoms with Crippen molar-refractivity contribution in [2.45, 2.75) is 38.3 Å². The van der Waals surface area contributed by atoms with Gasteiger partial charge < -0.3 is 11.1 Å². The molecule has 0 radical (unpaired) electrons. The molecule has 0 spiro atoms. The summed E-state index contributed by atoms with van der Waals surface area (Å²) in [5, 5.41) is 3.09. The zero-order chi connectivity index (χ0) is 9.87. The Hall–Kier alpha value is -0.570. The van der Waals surface area contributed by atoms with Crippen molar-refractivity contribution in [3.8, 4) is 0 Å². The van der Waals surface area contributed by atoms with E-state index in [9.17, 15) is 4.79 Å². The monoisotopic (exact) mass is 194 g/mol. The first kappa shape index (κ1) is 8.72. The molecule has 3 saturated carbocycles. The Bertz CT molecular complexity index is 260. The van der Waals surface area contributed by atoms with Crippen molar-refractivity contribution in [1.29, 1.82) is 0 Å². The first-order chi connectivity index (χ1) is 6.68. The highest BCUT2D eigenvalue weighted by Crippen LogP contribution is 2.65. The van der Waals surface area contributed by atoms with Crippen LogP contribution >= 0.6 is 0 Å². The molecule has 3 aliphatic carbocycles. The summed E-state index contributed by atoms with van der Waals surface area (Å²) in [5.74, 6) is 3.50. The first-order valence-electron chi connectivity index (χ1n) is 5.74. The van der Waals surface area contributed by atoms with Crippen LogP contribution in [0.15, 0.2) is 0 Å². The largest absolute Gasteiger partial charge is 0.351 e. The van der Waals surface area contributed by atoms with E-state index in [1.54, 1.807) is 6.92 Å². The van der Waals surface area contributed by atoms with Crippen LogP contribution in [0.5, 0.6) is 0 Å². The van der Waals surface area contributed by atoms with Crippen molar-refractivity contribution in [3.05, 3.63) is 0 Å². The Balaban J connectivity index is 1.61. The molecule has 0 aromatic carbocycles. The predicted octanol–water partition coefficient (Wildman–Crippen LogP) is 0.494. The van der Waals surface area contributed by atoms with Crippen molar-refractivity contribution in [1.82, 2.24) is 5.32 Å². The topological polar surface area (TPSA) is 55.1 Å². The first-order valence-corrected chi connectivity index (χ1v) is 5.74. The van der Waals surface area contributed by atoms with Crippen LogP contribution in [-0.2, 0) is 4.79 Å². The van der Waals surface area contributed by atoms with Gasteiger partial charge in [0.15, 0.2) is 0 Å². The number of nitrogens with two attached hydrogens (primary N) is 1. The molecule has 3 N–H and O–H groups in total. The maximum Gasteiger partial charge on any atom is 0.236 e. The molecule has 1 amide bonds. The van der Waals surface area contributed by atoms with Crippen molar-refractivity contribution in [3.63, 3.8) is 0 Å². The fourth-order valence-electron chi connectivity index (χ4n) is 3.81. The summed E-state index contributed by atoms with van der Waals surface area (Å²) >= 11 is 0. The van der Waals surface area contributed by atoms with E-state index >= 15 is 0 Å². The number of rotatable bonds is 2. The van der Waals surface area contributed by atoms with Gasteiger partial charge in [-0.15, -0.1) is 0 Å². The van der Waals surface area contributed by atoms with E-state index in [2.05, 4.69) is 5.32 Å². The lowest BCUT2D eigenvalue weighted by Gasteiger charge is -2.11. The normalized spacial score (nSPS) is 50.0. The quantitative estimate of drug-likeness (QED) is 0.672. The molecule has 3 nitrogen and oxygen atoms in total. The van der Waals surface area contributed by atoms with Crippen molar-refractivity contribution in [2.75, 3.05) is 0 Å². The molecule has 3 rings (SSSR count). The molecule has 78 valence electrons.